The van der Waals surface area contributed by atoms with Crippen molar-refractivity contribution in [2.45, 2.75) is 26.3 Å². The molecule has 0 aromatic heterocycles. The molecular weight excluding hydrogens is 162 g/mol. The van der Waals surface area contributed by atoms with Gasteiger partial charge in [-0.2, -0.15) is 0 Å². The van der Waals surface area contributed by atoms with Crippen molar-refractivity contribution in [3.8, 4) is 0 Å². The van der Waals surface area contributed by atoms with Crippen LogP contribution in [-0.4, -0.2) is 16.5 Å². The van der Waals surface area contributed by atoms with E-state index < -0.39 is 5.54 Å². The Morgan fingerprint density at radius 2 is 2.00 bits per heavy atom. The van der Waals surface area contributed by atoms with Crippen molar-refractivity contribution in [3.63, 3.8) is 0 Å². The third-order valence-corrected chi connectivity index (χ3v) is 1.66. The lowest BCUT2D eigenvalue weighted by atomic mass is 10.1. The fraction of sp³-hybridized carbons (Fsp3) is 0.364. The average molecular weight is 178 g/mol. The molecule has 1 rings (SSSR count). The number of benzene rings is 1. The minimum absolute atomic E-state index is 0.0832. The van der Waals surface area contributed by atoms with Crippen LogP contribution in [0.25, 0.3) is 0 Å². The molecule has 0 saturated heterocycles. The summed E-state index contributed by atoms with van der Waals surface area (Å²) in [5.74, 6) is 0. The number of rotatable bonds is 1. The molecule has 0 N–H and O–H groups in total. The van der Waals surface area contributed by atoms with E-state index in [4.69, 9.17) is 1.37 Å². The summed E-state index contributed by atoms with van der Waals surface area (Å²) in [6.45, 7) is 3.60. The van der Waals surface area contributed by atoms with Gasteiger partial charge in [0.1, 0.15) is 0 Å². The van der Waals surface area contributed by atoms with Gasteiger partial charge in [0.15, 0.2) is 11.8 Å². The SMILES string of the molecule is [2H]CC(C)(C)[N+]([O-])=Cc1ccccc1. The Morgan fingerprint density at radius 1 is 1.38 bits per heavy atom. The first-order chi connectivity index (χ1) is 6.56. The quantitative estimate of drug-likeness (QED) is 0.281. The third-order valence-electron chi connectivity index (χ3n) is 1.66. The van der Waals surface area contributed by atoms with E-state index in [9.17, 15) is 5.21 Å². The van der Waals surface area contributed by atoms with E-state index in [1.807, 2.05) is 30.3 Å². The van der Waals surface area contributed by atoms with Crippen molar-refractivity contribution in [1.82, 2.24) is 0 Å². The molecule has 0 aliphatic heterocycles. The van der Waals surface area contributed by atoms with E-state index in [0.29, 0.717) is 0 Å². The van der Waals surface area contributed by atoms with Crippen LogP contribution in [0.3, 0.4) is 0 Å². The van der Waals surface area contributed by atoms with Gasteiger partial charge in [0, 0.05) is 27.7 Å². The van der Waals surface area contributed by atoms with Gasteiger partial charge in [-0.05, 0) is 12.1 Å². The minimum atomic E-state index is -0.657. The highest BCUT2D eigenvalue weighted by Gasteiger charge is 2.17. The molecule has 0 bridgehead atoms. The van der Waals surface area contributed by atoms with Crippen LogP contribution >= 0.6 is 0 Å². The van der Waals surface area contributed by atoms with Gasteiger partial charge >= 0.3 is 0 Å². The lowest BCUT2D eigenvalue weighted by Crippen LogP contribution is -2.29. The van der Waals surface area contributed by atoms with Crippen LogP contribution in [0.2, 0.25) is 0 Å². The lowest BCUT2D eigenvalue weighted by molar-refractivity contribution is -0.530. The first kappa shape index (κ1) is 8.30. The third kappa shape index (κ3) is 2.90. The summed E-state index contributed by atoms with van der Waals surface area (Å²) in [5, 5.41) is 11.6. The number of hydroxylamine groups is 1. The van der Waals surface area contributed by atoms with Gasteiger partial charge in [0.25, 0.3) is 0 Å². The van der Waals surface area contributed by atoms with Crippen molar-refractivity contribution < 1.29 is 6.11 Å². The van der Waals surface area contributed by atoms with E-state index in [2.05, 4.69) is 0 Å². The summed E-state index contributed by atoms with van der Waals surface area (Å²) in [7, 11) is 0. The molecule has 0 saturated carbocycles. The Morgan fingerprint density at radius 3 is 2.54 bits per heavy atom. The van der Waals surface area contributed by atoms with E-state index in [0.717, 1.165) is 10.3 Å². The Bertz CT molecular complexity index is 319. The van der Waals surface area contributed by atoms with Crippen LogP contribution in [-0.2, 0) is 0 Å². The molecule has 2 heteroatoms. The first-order valence-electron chi connectivity index (χ1n) is 4.92. The summed E-state index contributed by atoms with van der Waals surface area (Å²) in [6.07, 6.45) is 1.52. The number of hydrogen-bond donors (Lipinski definition) is 0. The Balaban J connectivity index is 2.89. The normalized spacial score (nSPS) is 14.0. The van der Waals surface area contributed by atoms with Gasteiger partial charge < -0.3 is 5.21 Å². The molecule has 0 radical (unpaired) electrons. The molecule has 0 atom stereocenters. The topological polar surface area (TPSA) is 26.1 Å². The molecular formula is C11H15NO. The molecule has 0 aliphatic carbocycles. The summed E-state index contributed by atoms with van der Waals surface area (Å²) >= 11 is 0. The van der Waals surface area contributed by atoms with Gasteiger partial charge in [-0.3, -0.25) is 0 Å². The number of hydrogen-bond acceptors (Lipinski definition) is 1. The second-order valence-electron chi connectivity index (χ2n) is 3.68. The molecule has 0 heterocycles. The van der Waals surface area contributed by atoms with Crippen LogP contribution in [0.5, 0.6) is 0 Å². The summed E-state index contributed by atoms with van der Waals surface area (Å²) in [4.78, 5) is 0. The summed E-state index contributed by atoms with van der Waals surface area (Å²) in [5.41, 5.74) is 0.208. The van der Waals surface area contributed by atoms with Crippen LogP contribution in [0.4, 0.5) is 0 Å². The molecule has 2 nitrogen and oxygen atoms in total. The second-order valence-corrected chi connectivity index (χ2v) is 3.68. The second kappa shape index (κ2) is 3.60. The predicted octanol–water partition coefficient (Wildman–Crippen LogP) is 2.41. The molecule has 1 aromatic rings. The summed E-state index contributed by atoms with van der Waals surface area (Å²) < 4.78 is 8.08. The zero-order valence-corrected chi connectivity index (χ0v) is 8.03. The van der Waals surface area contributed by atoms with Crippen LogP contribution in [0.15, 0.2) is 30.3 Å². The van der Waals surface area contributed by atoms with Crippen molar-refractivity contribution in [3.05, 3.63) is 41.1 Å². The molecule has 0 fully saturated rings. The predicted molar refractivity (Wildman–Crippen MR) is 55.0 cm³/mol. The van der Waals surface area contributed by atoms with Crippen molar-refractivity contribution in [1.29, 1.82) is 0 Å². The highest BCUT2D eigenvalue weighted by Crippen LogP contribution is 2.05. The maximum atomic E-state index is 11.6. The van der Waals surface area contributed by atoms with Crippen LogP contribution in [0.1, 0.15) is 27.7 Å². The Kier molecular flexibility index (Phi) is 2.30. The highest BCUT2D eigenvalue weighted by molar-refractivity contribution is 5.75. The Hall–Kier alpha value is -1.31. The van der Waals surface area contributed by atoms with E-state index in [-0.39, 0.29) is 6.90 Å². The minimum Gasteiger partial charge on any atom is -0.623 e. The zero-order chi connectivity index (χ0) is 10.6. The molecule has 13 heavy (non-hydrogen) atoms. The molecule has 0 spiro atoms. The largest absolute Gasteiger partial charge is 0.623 e. The first-order valence-corrected chi connectivity index (χ1v) is 4.22. The average Bonchev–Trinajstić information content (AvgIpc) is 2.19. The highest BCUT2D eigenvalue weighted by atomic mass is 16.5. The molecule has 0 amide bonds. The van der Waals surface area contributed by atoms with Crippen molar-refractivity contribution in [2.24, 2.45) is 0 Å². The van der Waals surface area contributed by atoms with Gasteiger partial charge in [-0.1, -0.05) is 18.2 Å². The lowest BCUT2D eigenvalue weighted by Gasteiger charge is -2.18. The van der Waals surface area contributed by atoms with Gasteiger partial charge in [0.2, 0.25) is 0 Å². The van der Waals surface area contributed by atoms with E-state index in [1.165, 1.54) is 6.21 Å². The van der Waals surface area contributed by atoms with Crippen LogP contribution in [0, 0.1) is 5.21 Å². The van der Waals surface area contributed by atoms with Gasteiger partial charge in [-0.25, -0.2) is 4.74 Å². The van der Waals surface area contributed by atoms with Gasteiger partial charge in [-0.15, -0.1) is 0 Å². The summed E-state index contributed by atoms with van der Waals surface area (Å²) in [6, 6.07) is 9.40. The standard InChI is InChI=1S/C11H15NO/c1-11(2,3)12(13)9-10-7-5-4-6-8-10/h4-9H,1-3H3/i1D. The van der Waals surface area contributed by atoms with E-state index in [1.54, 1.807) is 13.8 Å². The maximum absolute atomic E-state index is 11.6. The fourth-order valence-electron chi connectivity index (χ4n) is 0.849. The molecule has 0 aliphatic rings. The van der Waals surface area contributed by atoms with Crippen molar-refractivity contribution >= 4 is 6.21 Å². The van der Waals surface area contributed by atoms with Gasteiger partial charge in [0.05, 0.1) is 0 Å². The molecule has 70 valence electrons. The Labute approximate surface area is 80.5 Å². The molecule has 1 aromatic carbocycles. The molecule has 0 unspecified atom stereocenters. The monoisotopic (exact) mass is 178 g/mol. The van der Waals surface area contributed by atoms with Crippen LogP contribution < -0.4 is 0 Å². The van der Waals surface area contributed by atoms with Crippen molar-refractivity contribution in [2.75, 3.05) is 0 Å². The van der Waals surface area contributed by atoms with E-state index >= 15 is 0 Å². The zero-order valence-electron chi connectivity index (χ0n) is 9.03. The fourth-order valence-corrected chi connectivity index (χ4v) is 0.849. The smallest absolute Gasteiger partial charge is 0.182 e. The number of nitrogens with zero attached hydrogens (tertiary/aromatic N) is 1. The maximum Gasteiger partial charge on any atom is 0.182 e.